The summed E-state index contributed by atoms with van der Waals surface area (Å²) in [5.41, 5.74) is 0.738. The summed E-state index contributed by atoms with van der Waals surface area (Å²) < 4.78 is 23.0. The van der Waals surface area contributed by atoms with Crippen molar-refractivity contribution in [3.63, 3.8) is 0 Å². The third kappa shape index (κ3) is 7.56. The summed E-state index contributed by atoms with van der Waals surface area (Å²) in [7, 11) is 1.71. The van der Waals surface area contributed by atoms with Crippen LogP contribution in [0.1, 0.15) is 45.6 Å². The third-order valence-corrected chi connectivity index (χ3v) is 6.31. The van der Waals surface area contributed by atoms with Gasteiger partial charge in [-0.2, -0.15) is 0 Å². The molecule has 0 aromatic heterocycles. The van der Waals surface area contributed by atoms with E-state index in [1.165, 1.54) is 23.8 Å². The van der Waals surface area contributed by atoms with Gasteiger partial charge in [0.1, 0.15) is 11.4 Å². The number of hydrogen-bond acceptors (Lipinski definition) is 6. The van der Waals surface area contributed by atoms with Gasteiger partial charge in [0.05, 0.1) is 25.9 Å². The van der Waals surface area contributed by atoms with E-state index >= 15 is 0 Å². The van der Waals surface area contributed by atoms with E-state index in [0.29, 0.717) is 39.0 Å². The number of ether oxygens (including phenoxy) is 4. The highest BCUT2D eigenvalue weighted by Gasteiger charge is 2.34. The van der Waals surface area contributed by atoms with Crippen LogP contribution < -0.4 is 4.74 Å². The Labute approximate surface area is 209 Å². The Morgan fingerprint density at radius 3 is 2.71 bits per heavy atom. The maximum Gasteiger partial charge on any atom is 0.410 e. The van der Waals surface area contributed by atoms with E-state index in [1.807, 2.05) is 20.8 Å². The number of fused-ring (bicyclic) bond motifs is 1. The zero-order valence-corrected chi connectivity index (χ0v) is 21.6. The normalized spacial score (nSPS) is 18.8. The van der Waals surface area contributed by atoms with Crippen molar-refractivity contribution in [2.24, 2.45) is 0 Å². The van der Waals surface area contributed by atoms with Crippen molar-refractivity contribution in [2.75, 3.05) is 46.6 Å². The van der Waals surface area contributed by atoms with Crippen molar-refractivity contribution < 1.29 is 23.7 Å². The van der Waals surface area contributed by atoms with Gasteiger partial charge in [0.2, 0.25) is 0 Å². The first-order valence-corrected chi connectivity index (χ1v) is 12.8. The topological polar surface area (TPSA) is 60.5 Å². The number of nitrogens with zero attached hydrogens (tertiary/aromatic N) is 2. The van der Waals surface area contributed by atoms with Crippen LogP contribution in [0.4, 0.5) is 4.79 Å². The molecule has 1 aliphatic heterocycles. The standard InChI is InChI=1S/C28H40N2O5/c1-28(2,3)35-27(31)29-12-15-33-24(19-29)20-30(23-10-11-23)18-21-16-22-8-5-6-9-25(22)26(17-21)34-14-7-13-32-4/h5-6,8-9,16-17,23-24H,7,10-15,18-20H2,1-4H3. The predicted molar refractivity (Wildman–Crippen MR) is 137 cm³/mol. The second-order valence-corrected chi connectivity index (χ2v) is 10.6. The monoisotopic (exact) mass is 484 g/mol. The van der Waals surface area contributed by atoms with Crippen LogP contribution in [-0.2, 0) is 20.8 Å². The summed E-state index contributed by atoms with van der Waals surface area (Å²) in [6.07, 6.45) is 2.99. The summed E-state index contributed by atoms with van der Waals surface area (Å²) in [5, 5.41) is 2.32. The maximum absolute atomic E-state index is 12.6. The molecule has 1 heterocycles. The van der Waals surface area contributed by atoms with Crippen LogP contribution in [-0.4, -0.2) is 80.2 Å². The molecular weight excluding hydrogens is 444 g/mol. The number of methoxy groups -OCH3 is 1. The molecule has 35 heavy (non-hydrogen) atoms. The number of morpholine rings is 1. The minimum absolute atomic E-state index is 0.0258. The van der Waals surface area contributed by atoms with Gasteiger partial charge in [0.25, 0.3) is 0 Å². The zero-order valence-electron chi connectivity index (χ0n) is 21.6. The molecule has 2 aliphatic rings. The average molecular weight is 485 g/mol. The molecular formula is C28H40N2O5. The average Bonchev–Trinajstić information content (AvgIpc) is 3.66. The summed E-state index contributed by atoms with van der Waals surface area (Å²) in [5.74, 6) is 0.926. The first kappa shape index (κ1) is 25.7. The Hall–Kier alpha value is -2.35. The molecule has 7 heteroatoms. The molecule has 1 amide bonds. The van der Waals surface area contributed by atoms with Crippen molar-refractivity contribution >= 4 is 16.9 Å². The Balaban J connectivity index is 1.44. The Bertz CT molecular complexity index is 985. The van der Waals surface area contributed by atoms with Gasteiger partial charge in [0.15, 0.2) is 0 Å². The minimum atomic E-state index is -0.496. The van der Waals surface area contributed by atoms with E-state index in [4.69, 9.17) is 18.9 Å². The number of benzene rings is 2. The fourth-order valence-electron chi connectivity index (χ4n) is 4.53. The van der Waals surface area contributed by atoms with Crippen molar-refractivity contribution in [2.45, 2.75) is 64.3 Å². The molecule has 1 unspecified atom stereocenters. The molecule has 4 rings (SSSR count). The van der Waals surface area contributed by atoms with Crippen LogP contribution in [0, 0.1) is 0 Å². The van der Waals surface area contributed by atoms with E-state index in [-0.39, 0.29) is 12.2 Å². The van der Waals surface area contributed by atoms with Crippen LogP contribution in [0.25, 0.3) is 10.8 Å². The molecule has 1 atom stereocenters. The van der Waals surface area contributed by atoms with E-state index in [1.54, 1.807) is 12.0 Å². The van der Waals surface area contributed by atoms with E-state index in [2.05, 4.69) is 41.3 Å². The first-order chi connectivity index (χ1) is 16.8. The Kier molecular flexibility index (Phi) is 8.52. The lowest BCUT2D eigenvalue weighted by atomic mass is 10.0. The number of rotatable bonds is 10. The van der Waals surface area contributed by atoms with E-state index in [0.717, 1.165) is 30.6 Å². The Morgan fingerprint density at radius 1 is 1.17 bits per heavy atom. The quantitative estimate of drug-likeness (QED) is 0.449. The van der Waals surface area contributed by atoms with Gasteiger partial charge < -0.3 is 23.8 Å². The fraction of sp³-hybridized carbons (Fsp3) is 0.607. The van der Waals surface area contributed by atoms with Crippen LogP contribution in [0.5, 0.6) is 5.75 Å². The molecule has 1 aliphatic carbocycles. The smallest absolute Gasteiger partial charge is 0.410 e. The van der Waals surface area contributed by atoms with Gasteiger partial charge in [-0.1, -0.05) is 24.3 Å². The second-order valence-electron chi connectivity index (χ2n) is 10.6. The summed E-state index contributed by atoms with van der Waals surface area (Å²) in [6.45, 7) is 10.3. The van der Waals surface area contributed by atoms with Crippen molar-refractivity contribution in [1.82, 2.24) is 9.80 Å². The molecule has 0 radical (unpaired) electrons. The molecule has 7 nitrogen and oxygen atoms in total. The summed E-state index contributed by atoms with van der Waals surface area (Å²) in [4.78, 5) is 16.9. The summed E-state index contributed by atoms with van der Waals surface area (Å²) in [6, 6.07) is 13.4. The first-order valence-electron chi connectivity index (χ1n) is 12.8. The van der Waals surface area contributed by atoms with Crippen molar-refractivity contribution in [3.05, 3.63) is 42.0 Å². The van der Waals surface area contributed by atoms with E-state index in [9.17, 15) is 4.79 Å². The van der Waals surface area contributed by atoms with Crippen LogP contribution in [0.2, 0.25) is 0 Å². The van der Waals surface area contributed by atoms with Crippen molar-refractivity contribution in [1.29, 1.82) is 0 Å². The second kappa shape index (κ2) is 11.6. The number of carbonyl (C=O) groups excluding carboxylic acids is 1. The van der Waals surface area contributed by atoms with E-state index < -0.39 is 5.60 Å². The number of carbonyl (C=O) groups is 1. The molecule has 2 aromatic carbocycles. The molecule has 0 spiro atoms. The molecule has 192 valence electrons. The fourth-order valence-corrected chi connectivity index (χ4v) is 4.53. The number of hydrogen-bond donors (Lipinski definition) is 0. The maximum atomic E-state index is 12.6. The molecule has 0 bridgehead atoms. The van der Waals surface area contributed by atoms with Gasteiger partial charge >= 0.3 is 6.09 Å². The molecule has 2 fully saturated rings. The lowest BCUT2D eigenvalue weighted by Gasteiger charge is -2.36. The van der Waals surface area contributed by atoms with Gasteiger partial charge in [-0.05, 0) is 56.7 Å². The van der Waals surface area contributed by atoms with Gasteiger partial charge in [-0.15, -0.1) is 0 Å². The van der Waals surface area contributed by atoms with Crippen molar-refractivity contribution in [3.8, 4) is 5.75 Å². The lowest BCUT2D eigenvalue weighted by Crippen LogP contribution is -2.51. The van der Waals surface area contributed by atoms with Gasteiger partial charge in [-0.25, -0.2) is 4.79 Å². The molecule has 0 N–H and O–H groups in total. The van der Waals surface area contributed by atoms with Gasteiger partial charge in [0, 0.05) is 51.2 Å². The SMILES string of the molecule is COCCCOc1cc(CN(CC2CN(C(=O)OC(C)(C)C)CCO2)C2CC2)cc2ccccc12. The van der Waals surface area contributed by atoms with Crippen LogP contribution in [0.15, 0.2) is 36.4 Å². The van der Waals surface area contributed by atoms with Crippen LogP contribution in [0.3, 0.4) is 0 Å². The highest BCUT2D eigenvalue weighted by Crippen LogP contribution is 2.32. The zero-order chi connectivity index (χ0) is 24.8. The molecule has 1 saturated carbocycles. The molecule has 1 saturated heterocycles. The summed E-state index contributed by atoms with van der Waals surface area (Å²) >= 11 is 0. The predicted octanol–water partition coefficient (Wildman–Crippen LogP) is 4.86. The largest absolute Gasteiger partial charge is 0.493 e. The minimum Gasteiger partial charge on any atom is -0.493 e. The highest BCUT2D eigenvalue weighted by molar-refractivity contribution is 5.89. The number of amides is 1. The lowest BCUT2D eigenvalue weighted by molar-refractivity contribution is -0.0539. The third-order valence-electron chi connectivity index (χ3n) is 6.31. The molecule has 2 aromatic rings. The van der Waals surface area contributed by atoms with Gasteiger partial charge in [-0.3, -0.25) is 4.90 Å². The Morgan fingerprint density at radius 2 is 1.97 bits per heavy atom. The highest BCUT2D eigenvalue weighted by atomic mass is 16.6. The van der Waals surface area contributed by atoms with Crippen LogP contribution >= 0.6 is 0 Å².